The normalized spacial score (nSPS) is 25.5. The van der Waals surface area contributed by atoms with E-state index in [0.29, 0.717) is 19.6 Å². The molecule has 64 valence electrons. The van der Waals surface area contributed by atoms with E-state index in [1.165, 1.54) is 7.11 Å². The lowest BCUT2D eigenvalue weighted by atomic mass is 10.1. The van der Waals surface area contributed by atoms with Crippen molar-refractivity contribution in [2.45, 2.75) is 12.5 Å². The Balaban J connectivity index is 2.24. The van der Waals surface area contributed by atoms with Crippen molar-refractivity contribution in [2.75, 3.05) is 27.1 Å². The fourth-order valence-electron chi connectivity index (χ4n) is 0.908. The molecule has 1 aliphatic rings. The van der Waals surface area contributed by atoms with Gasteiger partial charge in [0, 0.05) is 13.5 Å². The van der Waals surface area contributed by atoms with Crippen molar-refractivity contribution < 1.29 is 19.0 Å². The lowest BCUT2D eigenvalue weighted by Gasteiger charge is -2.20. The molecule has 0 aromatic carbocycles. The Bertz CT molecular complexity index is 134. The Labute approximate surface area is 65.4 Å². The molecule has 0 aliphatic carbocycles. The van der Waals surface area contributed by atoms with Crippen molar-refractivity contribution in [2.24, 2.45) is 0 Å². The van der Waals surface area contributed by atoms with Crippen LogP contribution in [0.1, 0.15) is 6.42 Å². The van der Waals surface area contributed by atoms with Gasteiger partial charge >= 0.3 is 0 Å². The monoisotopic (exact) mass is 160 g/mol. The molecule has 11 heavy (non-hydrogen) atoms. The Morgan fingerprint density at radius 3 is 3.18 bits per heavy atom. The van der Waals surface area contributed by atoms with E-state index in [4.69, 9.17) is 9.47 Å². The number of ketones is 1. The Kier molecular flexibility index (Phi) is 3.48. The first kappa shape index (κ1) is 8.64. The molecule has 0 unspecified atom stereocenters. The molecule has 0 aromatic rings. The maximum atomic E-state index is 11.0. The molecule has 0 spiro atoms. The molecule has 1 saturated heterocycles. The van der Waals surface area contributed by atoms with Crippen LogP contribution in [0.2, 0.25) is 0 Å². The van der Waals surface area contributed by atoms with Gasteiger partial charge in [-0.15, -0.1) is 0 Å². The highest BCUT2D eigenvalue weighted by Gasteiger charge is 2.22. The zero-order chi connectivity index (χ0) is 8.10. The number of rotatable bonds is 3. The second-order valence-corrected chi connectivity index (χ2v) is 2.35. The van der Waals surface area contributed by atoms with E-state index in [1.54, 1.807) is 0 Å². The molecule has 1 heterocycles. The molecule has 0 radical (unpaired) electrons. The molecule has 0 bridgehead atoms. The summed E-state index contributed by atoms with van der Waals surface area (Å²) in [5, 5.41) is 0. The summed E-state index contributed by atoms with van der Waals surface area (Å²) in [7, 11) is 1.52. The first-order valence-electron chi connectivity index (χ1n) is 3.55. The Morgan fingerprint density at radius 2 is 2.55 bits per heavy atom. The third kappa shape index (κ3) is 2.57. The minimum absolute atomic E-state index is 0.105. The second-order valence-electron chi connectivity index (χ2n) is 2.35. The first-order chi connectivity index (χ1) is 5.34. The standard InChI is InChI=1S/C7H12O4/c1-9-5-11-7-4-10-3-2-6(7)8/h7H,2-5H2,1H3/t7-/m1/s1. The van der Waals surface area contributed by atoms with E-state index in [-0.39, 0.29) is 12.6 Å². The predicted molar refractivity (Wildman–Crippen MR) is 37.2 cm³/mol. The van der Waals surface area contributed by atoms with Crippen LogP contribution in [0.15, 0.2) is 0 Å². The van der Waals surface area contributed by atoms with Gasteiger partial charge in [-0.25, -0.2) is 0 Å². The van der Waals surface area contributed by atoms with Crippen molar-refractivity contribution in [3.8, 4) is 0 Å². The number of methoxy groups -OCH3 is 1. The summed E-state index contributed by atoms with van der Waals surface area (Å²) in [5.41, 5.74) is 0. The van der Waals surface area contributed by atoms with E-state index in [2.05, 4.69) is 4.74 Å². The van der Waals surface area contributed by atoms with E-state index in [0.717, 1.165) is 0 Å². The molecular formula is C7H12O4. The summed E-state index contributed by atoms with van der Waals surface area (Å²) in [5.74, 6) is 0.105. The number of ether oxygens (including phenoxy) is 3. The Morgan fingerprint density at radius 1 is 1.73 bits per heavy atom. The van der Waals surface area contributed by atoms with Gasteiger partial charge in [0.1, 0.15) is 12.9 Å². The quantitative estimate of drug-likeness (QED) is 0.543. The lowest BCUT2D eigenvalue weighted by Crippen LogP contribution is -2.35. The predicted octanol–water partition coefficient (Wildman–Crippen LogP) is -0.0351. The summed E-state index contributed by atoms with van der Waals surface area (Å²) in [6, 6.07) is 0. The number of carbonyl (C=O) groups excluding carboxylic acids is 1. The van der Waals surface area contributed by atoms with Gasteiger partial charge < -0.3 is 14.2 Å². The van der Waals surface area contributed by atoms with Crippen LogP contribution >= 0.6 is 0 Å². The lowest BCUT2D eigenvalue weighted by molar-refractivity contribution is -0.154. The van der Waals surface area contributed by atoms with Crippen molar-refractivity contribution in [1.82, 2.24) is 0 Å². The molecule has 1 aliphatic heterocycles. The fourth-order valence-corrected chi connectivity index (χ4v) is 0.908. The van der Waals surface area contributed by atoms with Crippen molar-refractivity contribution in [1.29, 1.82) is 0 Å². The van der Waals surface area contributed by atoms with E-state index in [1.807, 2.05) is 0 Å². The molecule has 0 amide bonds. The second kappa shape index (κ2) is 4.43. The summed E-state index contributed by atoms with van der Waals surface area (Å²) in [6.45, 7) is 1.04. The smallest absolute Gasteiger partial charge is 0.166 e. The third-order valence-electron chi connectivity index (χ3n) is 1.51. The van der Waals surface area contributed by atoms with Gasteiger partial charge in [0.2, 0.25) is 0 Å². The van der Waals surface area contributed by atoms with E-state index in [9.17, 15) is 4.79 Å². The molecule has 0 saturated carbocycles. The average Bonchev–Trinajstić information content (AvgIpc) is 2.03. The average molecular weight is 160 g/mol. The number of Topliss-reactive ketones (excluding diaryl/α,β-unsaturated/α-hetero) is 1. The SMILES string of the molecule is COCO[C@@H]1COCCC1=O. The number of carbonyl (C=O) groups is 1. The molecule has 4 heteroatoms. The maximum Gasteiger partial charge on any atom is 0.166 e. The van der Waals surface area contributed by atoms with Crippen LogP contribution in [0.25, 0.3) is 0 Å². The molecule has 1 fully saturated rings. The zero-order valence-corrected chi connectivity index (χ0v) is 6.54. The minimum atomic E-state index is -0.413. The van der Waals surface area contributed by atoms with Gasteiger partial charge in [0.15, 0.2) is 5.78 Å². The number of hydrogen-bond acceptors (Lipinski definition) is 4. The molecular weight excluding hydrogens is 148 g/mol. The number of hydrogen-bond donors (Lipinski definition) is 0. The van der Waals surface area contributed by atoms with Crippen LogP contribution in [-0.2, 0) is 19.0 Å². The van der Waals surface area contributed by atoms with Gasteiger partial charge in [0.05, 0.1) is 13.2 Å². The van der Waals surface area contributed by atoms with Crippen LogP contribution < -0.4 is 0 Å². The summed E-state index contributed by atoms with van der Waals surface area (Å²) in [6.07, 6.45) is 0.0395. The zero-order valence-electron chi connectivity index (χ0n) is 6.54. The van der Waals surface area contributed by atoms with Crippen LogP contribution in [0.4, 0.5) is 0 Å². The minimum Gasteiger partial charge on any atom is -0.378 e. The summed E-state index contributed by atoms with van der Waals surface area (Å²) in [4.78, 5) is 11.0. The summed E-state index contributed by atoms with van der Waals surface area (Å²) >= 11 is 0. The van der Waals surface area contributed by atoms with Crippen LogP contribution in [-0.4, -0.2) is 39.0 Å². The van der Waals surface area contributed by atoms with Gasteiger partial charge in [0.25, 0.3) is 0 Å². The van der Waals surface area contributed by atoms with Gasteiger partial charge in [-0.3, -0.25) is 4.79 Å². The van der Waals surface area contributed by atoms with Crippen LogP contribution in [0.3, 0.4) is 0 Å². The highest BCUT2D eigenvalue weighted by molar-refractivity contribution is 5.83. The first-order valence-corrected chi connectivity index (χ1v) is 3.55. The van der Waals surface area contributed by atoms with Crippen molar-refractivity contribution >= 4 is 5.78 Å². The van der Waals surface area contributed by atoms with Crippen molar-refractivity contribution in [3.05, 3.63) is 0 Å². The topological polar surface area (TPSA) is 44.8 Å². The van der Waals surface area contributed by atoms with Crippen LogP contribution in [0.5, 0.6) is 0 Å². The molecule has 0 N–H and O–H groups in total. The highest BCUT2D eigenvalue weighted by Crippen LogP contribution is 2.05. The molecule has 0 aromatic heterocycles. The summed E-state index contributed by atoms with van der Waals surface area (Å²) < 4.78 is 14.8. The molecule has 1 atom stereocenters. The van der Waals surface area contributed by atoms with Crippen LogP contribution in [0, 0.1) is 0 Å². The largest absolute Gasteiger partial charge is 0.378 e. The van der Waals surface area contributed by atoms with E-state index >= 15 is 0 Å². The maximum absolute atomic E-state index is 11.0. The van der Waals surface area contributed by atoms with Crippen molar-refractivity contribution in [3.63, 3.8) is 0 Å². The molecule has 1 rings (SSSR count). The molecule has 4 nitrogen and oxygen atoms in total. The Hall–Kier alpha value is -0.450. The highest BCUT2D eigenvalue weighted by atomic mass is 16.7. The van der Waals surface area contributed by atoms with Gasteiger partial charge in [-0.2, -0.15) is 0 Å². The van der Waals surface area contributed by atoms with E-state index < -0.39 is 6.10 Å². The van der Waals surface area contributed by atoms with Gasteiger partial charge in [-0.05, 0) is 0 Å². The third-order valence-corrected chi connectivity index (χ3v) is 1.51. The fraction of sp³-hybridized carbons (Fsp3) is 0.857. The van der Waals surface area contributed by atoms with Gasteiger partial charge in [-0.1, -0.05) is 0 Å².